The average molecular weight is 453 g/mol. The fraction of sp³-hybridized carbons (Fsp3) is 0.613. The minimum Gasteiger partial charge on any atom is -0.207 e. The molecule has 2 aliphatic carbocycles. The first-order valence-electron chi connectivity index (χ1n) is 13.6. The summed E-state index contributed by atoms with van der Waals surface area (Å²) < 4.78 is 29.6. The Kier molecular flexibility index (Phi) is 8.61. The van der Waals surface area contributed by atoms with E-state index in [-0.39, 0.29) is 5.56 Å². The van der Waals surface area contributed by atoms with Gasteiger partial charge in [0.2, 0.25) is 0 Å². The summed E-state index contributed by atoms with van der Waals surface area (Å²) in [5.74, 6) is 2.41. The zero-order chi connectivity index (χ0) is 23.2. The smallest absolute Gasteiger partial charge is 0.137 e. The second-order valence-electron chi connectivity index (χ2n) is 10.9. The lowest BCUT2D eigenvalue weighted by Crippen LogP contribution is -2.30. The molecule has 4 rings (SSSR count). The van der Waals surface area contributed by atoms with Crippen molar-refractivity contribution in [2.45, 2.75) is 103 Å². The van der Waals surface area contributed by atoms with Gasteiger partial charge in [0, 0.05) is 10.9 Å². The van der Waals surface area contributed by atoms with Crippen LogP contribution in [0.25, 0.3) is 10.8 Å². The van der Waals surface area contributed by atoms with E-state index < -0.39 is 11.6 Å². The highest BCUT2D eigenvalue weighted by Gasteiger charge is 2.35. The molecule has 0 amide bonds. The van der Waals surface area contributed by atoms with Crippen LogP contribution >= 0.6 is 0 Å². The molecule has 2 saturated carbocycles. The number of rotatable bonds is 10. The molecular formula is C31H42F2. The molecule has 0 aliphatic heterocycles. The van der Waals surface area contributed by atoms with Crippen molar-refractivity contribution >= 4 is 10.8 Å². The lowest BCUT2D eigenvalue weighted by Gasteiger charge is -2.42. The predicted octanol–water partition coefficient (Wildman–Crippen LogP) is 9.90. The van der Waals surface area contributed by atoms with E-state index in [2.05, 4.69) is 25.6 Å². The van der Waals surface area contributed by atoms with Gasteiger partial charge in [0.25, 0.3) is 0 Å². The SMILES string of the molecule is C=CCCc1c(F)cc2cc([C@@H]3CC[C@@H]4CC(CCCCCCC)CCC4C3)ccc2c1F. The standard InChI is InChI=1S/C31H42F2/c1-3-5-7-8-9-10-22-12-13-24-19-25(15-14-23(24)18-22)26-16-17-28-27(20-26)21-30(32)29(31(28)33)11-6-4-2/h4,16-17,20-25H,2-3,5-15,18-19H2,1H3/t22?,23-,24?,25-/m1/s1. The van der Waals surface area contributed by atoms with E-state index in [0.29, 0.717) is 29.5 Å². The number of benzene rings is 2. The fourth-order valence-corrected chi connectivity index (χ4v) is 6.71. The summed E-state index contributed by atoms with van der Waals surface area (Å²) in [7, 11) is 0. The zero-order valence-electron chi connectivity index (χ0n) is 20.6. The van der Waals surface area contributed by atoms with Crippen LogP contribution in [-0.2, 0) is 6.42 Å². The Hall–Kier alpha value is -1.70. The van der Waals surface area contributed by atoms with Crippen LogP contribution in [0.3, 0.4) is 0 Å². The van der Waals surface area contributed by atoms with Crippen molar-refractivity contribution in [1.82, 2.24) is 0 Å². The first-order chi connectivity index (χ1) is 16.1. The van der Waals surface area contributed by atoms with Gasteiger partial charge in [-0.25, -0.2) is 8.78 Å². The molecule has 180 valence electrons. The van der Waals surface area contributed by atoms with Gasteiger partial charge in [-0.3, -0.25) is 0 Å². The highest BCUT2D eigenvalue weighted by molar-refractivity contribution is 5.85. The van der Waals surface area contributed by atoms with Crippen molar-refractivity contribution in [3.05, 3.63) is 59.7 Å². The highest BCUT2D eigenvalue weighted by atomic mass is 19.1. The topological polar surface area (TPSA) is 0 Å². The monoisotopic (exact) mass is 452 g/mol. The van der Waals surface area contributed by atoms with Crippen molar-refractivity contribution in [3.63, 3.8) is 0 Å². The molecule has 4 atom stereocenters. The Morgan fingerprint density at radius 3 is 2.55 bits per heavy atom. The molecule has 2 aromatic carbocycles. The van der Waals surface area contributed by atoms with Crippen molar-refractivity contribution in [3.8, 4) is 0 Å². The van der Waals surface area contributed by atoms with Crippen LogP contribution in [0.15, 0.2) is 36.9 Å². The summed E-state index contributed by atoms with van der Waals surface area (Å²) >= 11 is 0. The minimum atomic E-state index is -0.421. The quantitative estimate of drug-likeness (QED) is 0.248. The summed E-state index contributed by atoms with van der Waals surface area (Å²) in [4.78, 5) is 0. The number of fused-ring (bicyclic) bond motifs is 2. The molecule has 2 aromatic rings. The molecule has 0 heterocycles. The van der Waals surface area contributed by atoms with E-state index in [1.54, 1.807) is 6.08 Å². The van der Waals surface area contributed by atoms with E-state index in [9.17, 15) is 8.78 Å². The van der Waals surface area contributed by atoms with Gasteiger partial charge in [0.1, 0.15) is 11.6 Å². The Labute approximate surface area is 199 Å². The largest absolute Gasteiger partial charge is 0.207 e. The van der Waals surface area contributed by atoms with Gasteiger partial charge in [-0.2, -0.15) is 0 Å². The first-order valence-corrected chi connectivity index (χ1v) is 13.6. The number of allylic oxidation sites excluding steroid dienone is 1. The minimum absolute atomic E-state index is 0.192. The van der Waals surface area contributed by atoms with E-state index in [4.69, 9.17) is 0 Å². The molecule has 0 saturated heterocycles. The molecule has 0 nitrogen and oxygen atoms in total. The third-order valence-corrected chi connectivity index (χ3v) is 8.65. The summed E-state index contributed by atoms with van der Waals surface area (Å²) in [6.45, 7) is 5.96. The molecule has 0 aromatic heterocycles. The maximum atomic E-state index is 15.0. The van der Waals surface area contributed by atoms with Crippen LogP contribution in [-0.4, -0.2) is 0 Å². The van der Waals surface area contributed by atoms with Gasteiger partial charge < -0.3 is 0 Å². The van der Waals surface area contributed by atoms with Gasteiger partial charge >= 0.3 is 0 Å². The number of halogens is 2. The van der Waals surface area contributed by atoms with Crippen molar-refractivity contribution in [2.75, 3.05) is 0 Å². The summed E-state index contributed by atoms with van der Waals surface area (Å²) in [5.41, 5.74) is 1.47. The van der Waals surface area contributed by atoms with Crippen molar-refractivity contribution < 1.29 is 8.78 Å². The summed E-state index contributed by atoms with van der Waals surface area (Å²) in [6, 6.07) is 7.59. The van der Waals surface area contributed by atoms with E-state index in [1.807, 2.05) is 6.07 Å². The Balaban J connectivity index is 1.37. The van der Waals surface area contributed by atoms with Gasteiger partial charge in [-0.1, -0.05) is 76.1 Å². The van der Waals surface area contributed by atoms with Crippen LogP contribution in [0.4, 0.5) is 8.78 Å². The second kappa shape index (κ2) is 11.6. The van der Waals surface area contributed by atoms with E-state index in [0.717, 1.165) is 17.8 Å². The van der Waals surface area contributed by atoms with Crippen LogP contribution in [0.1, 0.15) is 107 Å². The molecule has 0 spiro atoms. The predicted molar refractivity (Wildman–Crippen MR) is 137 cm³/mol. The molecule has 0 radical (unpaired) electrons. The third-order valence-electron chi connectivity index (χ3n) is 8.65. The Morgan fingerprint density at radius 1 is 0.939 bits per heavy atom. The molecule has 2 heteroatoms. The normalized spacial score (nSPS) is 25.2. The van der Waals surface area contributed by atoms with Crippen LogP contribution in [0, 0.1) is 29.4 Å². The van der Waals surface area contributed by atoms with Crippen molar-refractivity contribution in [1.29, 1.82) is 0 Å². The first kappa shape index (κ1) is 24.4. The Bertz CT molecular complexity index is 930. The molecular weight excluding hydrogens is 410 g/mol. The summed E-state index contributed by atoms with van der Waals surface area (Å²) in [5, 5.41) is 1.26. The maximum Gasteiger partial charge on any atom is 0.137 e. The molecule has 2 unspecified atom stereocenters. The fourth-order valence-electron chi connectivity index (χ4n) is 6.71. The highest BCUT2D eigenvalue weighted by Crippen LogP contribution is 2.48. The number of hydrogen-bond acceptors (Lipinski definition) is 0. The summed E-state index contributed by atoms with van der Waals surface area (Å²) in [6.07, 6.45) is 19.1. The number of unbranched alkanes of at least 4 members (excludes halogenated alkanes) is 4. The lowest BCUT2D eigenvalue weighted by molar-refractivity contribution is 0.113. The zero-order valence-corrected chi connectivity index (χ0v) is 20.6. The van der Waals surface area contributed by atoms with Gasteiger partial charge in [0.15, 0.2) is 0 Å². The van der Waals surface area contributed by atoms with Crippen LogP contribution in [0.2, 0.25) is 0 Å². The van der Waals surface area contributed by atoms with Crippen LogP contribution in [0.5, 0.6) is 0 Å². The number of hydrogen-bond donors (Lipinski definition) is 0. The molecule has 2 aliphatic rings. The van der Waals surface area contributed by atoms with Gasteiger partial charge in [-0.05, 0) is 85.6 Å². The molecule has 33 heavy (non-hydrogen) atoms. The molecule has 0 bridgehead atoms. The lowest BCUT2D eigenvalue weighted by atomic mass is 9.63. The van der Waals surface area contributed by atoms with Gasteiger partial charge in [0.05, 0.1) is 0 Å². The molecule has 2 fully saturated rings. The maximum absolute atomic E-state index is 15.0. The average Bonchev–Trinajstić information content (AvgIpc) is 2.83. The van der Waals surface area contributed by atoms with E-state index in [1.165, 1.54) is 88.7 Å². The third kappa shape index (κ3) is 5.87. The van der Waals surface area contributed by atoms with E-state index >= 15 is 0 Å². The second-order valence-corrected chi connectivity index (χ2v) is 10.9. The Morgan fingerprint density at radius 2 is 1.73 bits per heavy atom. The van der Waals surface area contributed by atoms with Gasteiger partial charge in [-0.15, -0.1) is 6.58 Å². The molecule has 0 N–H and O–H groups in total. The van der Waals surface area contributed by atoms with Crippen molar-refractivity contribution in [2.24, 2.45) is 17.8 Å². The van der Waals surface area contributed by atoms with Crippen LogP contribution < -0.4 is 0 Å².